The third-order valence-electron chi connectivity index (χ3n) is 7.38. The average molecular weight is 520 g/mol. The zero-order chi connectivity index (χ0) is 27.5. The molecule has 3 amide bonds. The number of halogens is 3. The second-order valence-corrected chi connectivity index (χ2v) is 11.2. The van der Waals surface area contributed by atoms with Gasteiger partial charge < -0.3 is 15.5 Å². The number of hydrogen-bond acceptors (Lipinski definition) is 6. The molecule has 0 radical (unpaired) electrons. The van der Waals surface area contributed by atoms with Crippen molar-refractivity contribution >= 4 is 23.2 Å². The van der Waals surface area contributed by atoms with E-state index in [0.717, 1.165) is 0 Å². The van der Waals surface area contributed by atoms with Crippen LogP contribution in [0.2, 0.25) is 0 Å². The summed E-state index contributed by atoms with van der Waals surface area (Å²) in [5.74, 6) is -3.92. The van der Waals surface area contributed by atoms with Crippen molar-refractivity contribution in [2.75, 3.05) is 6.54 Å². The maximum Gasteiger partial charge on any atom is 0.471 e. The molecule has 2 N–H and O–H groups in total. The fraction of sp³-hybridized carbons (Fsp3) is 0.583. The zero-order valence-corrected chi connectivity index (χ0v) is 21.0. The lowest BCUT2D eigenvalue weighted by molar-refractivity contribution is -0.176. The molecule has 1 aliphatic carbocycles. The van der Waals surface area contributed by atoms with Crippen LogP contribution in [0.25, 0.3) is 5.52 Å². The summed E-state index contributed by atoms with van der Waals surface area (Å²) in [4.78, 5) is 40.0. The first-order valence-corrected chi connectivity index (χ1v) is 11.8. The van der Waals surface area contributed by atoms with Gasteiger partial charge in [0.2, 0.25) is 11.8 Å². The van der Waals surface area contributed by atoms with Crippen LogP contribution in [0.4, 0.5) is 13.2 Å². The van der Waals surface area contributed by atoms with Gasteiger partial charge >= 0.3 is 12.1 Å². The molecule has 13 heteroatoms. The number of nitrogens with zero attached hydrogens (tertiary/aromatic N) is 5. The van der Waals surface area contributed by atoms with E-state index in [4.69, 9.17) is 0 Å². The lowest BCUT2D eigenvalue weighted by atomic mass is 9.85. The minimum Gasteiger partial charge on any atom is -0.336 e. The molecule has 1 saturated heterocycles. The number of nitriles is 1. The molecule has 1 unspecified atom stereocenters. The molecule has 2 fully saturated rings. The van der Waals surface area contributed by atoms with Gasteiger partial charge in [0.15, 0.2) is 6.04 Å². The van der Waals surface area contributed by atoms with Crippen LogP contribution >= 0.6 is 0 Å². The van der Waals surface area contributed by atoms with Gasteiger partial charge in [-0.25, -0.2) is 0 Å². The predicted molar refractivity (Wildman–Crippen MR) is 123 cm³/mol. The standard InChI is InChI=1S/C24H28F3N7O3/c1-22(2,3)18(31-21(37)24(25,26)27)20(36)33-11-13-16(23(13,4)5)17(33)19(35)30-15(10-28)14-9-12-7-6-8-29-34(12)32-14/h6-9,13,15-18H,11H2,1-5H3,(H,30,35)(H,31,37)/t13-,15?,16-,17-,18+/m0/s1. The van der Waals surface area contributed by atoms with Crippen molar-refractivity contribution in [2.24, 2.45) is 22.7 Å². The Morgan fingerprint density at radius 3 is 2.46 bits per heavy atom. The van der Waals surface area contributed by atoms with E-state index in [1.165, 1.54) is 36.5 Å². The highest BCUT2D eigenvalue weighted by molar-refractivity contribution is 5.95. The van der Waals surface area contributed by atoms with Gasteiger partial charge in [-0.2, -0.15) is 33.3 Å². The molecule has 0 bridgehead atoms. The molecule has 2 aliphatic rings. The van der Waals surface area contributed by atoms with E-state index in [1.54, 1.807) is 18.2 Å². The molecule has 1 saturated carbocycles. The quantitative estimate of drug-likeness (QED) is 0.621. The number of amides is 3. The van der Waals surface area contributed by atoms with Gasteiger partial charge in [0.25, 0.3) is 0 Å². The Kier molecular flexibility index (Phi) is 6.21. The van der Waals surface area contributed by atoms with Crippen molar-refractivity contribution in [2.45, 2.75) is 58.9 Å². The van der Waals surface area contributed by atoms with Crippen molar-refractivity contribution in [1.29, 1.82) is 5.26 Å². The molecule has 37 heavy (non-hydrogen) atoms. The number of fused-ring (bicyclic) bond motifs is 2. The normalized spacial score (nSPS) is 24.1. The Morgan fingerprint density at radius 1 is 1.22 bits per heavy atom. The second-order valence-electron chi connectivity index (χ2n) is 11.2. The van der Waals surface area contributed by atoms with Gasteiger partial charge in [0.1, 0.15) is 17.8 Å². The third kappa shape index (κ3) is 4.72. The summed E-state index contributed by atoms with van der Waals surface area (Å²) in [6.07, 6.45) is -3.65. The van der Waals surface area contributed by atoms with E-state index in [-0.39, 0.29) is 29.5 Å². The average Bonchev–Trinajstić information content (AvgIpc) is 3.19. The summed E-state index contributed by atoms with van der Waals surface area (Å²) < 4.78 is 40.3. The Morgan fingerprint density at radius 2 is 1.89 bits per heavy atom. The minimum absolute atomic E-state index is 0.0499. The number of hydrogen-bond donors (Lipinski definition) is 2. The molecule has 0 aromatic carbocycles. The van der Waals surface area contributed by atoms with E-state index in [9.17, 15) is 32.8 Å². The zero-order valence-electron chi connectivity index (χ0n) is 21.0. The summed E-state index contributed by atoms with van der Waals surface area (Å²) in [7, 11) is 0. The van der Waals surface area contributed by atoms with Crippen molar-refractivity contribution in [3.8, 4) is 6.07 Å². The highest BCUT2D eigenvalue weighted by atomic mass is 19.4. The molecule has 2 aromatic rings. The van der Waals surface area contributed by atoms with Crippen molar-refractivity contribution in [1.82, 2.24) is 30.4 Å². The molecule has 3 heterocycles. The van der Waals surface area contributed by atoms with Gasteiger partial charge in [0.05, 0.1) is 11.6 Å². The molecule has 1 aliphatic heterocycles. The summed E-state index contributed by atoms with van der Waals surface area (Å²) >= 11 is 0. The number of carbonyl (C=O) groups is 3. The van der Waals surface area contributed by atoms with Gasteiger partial charge in [-0.3, -0.25) is 14.4 Å². The maximum atomic E-state index is 13.6. The van der Waals surface area contributed by atoms with Crippen LogP contribution in [-0.4, -0.2) is 62.3 Å². The van der Waals surface area contributed by atoms with Crippen LogP contribution in [0.15, 0.2) is 24.4 Å². The van der Waals surface area contributed by atoms with Gasteiger partial charge in [-0.15, -0.1) is 0 Å². The smallest absolute Gasteiger partial charge is 0.336 e. The molecule has 10 nitrogen and oxygen atoms in total. The highest BCUT2D eigenvalue weighted by Crippen LogP contribution is 2.65. The summed E-state index contributed by atoms with van der Waals surface area (Å²) in [6, 6.07) is 3.34. The lowest BCUT2D eigenvalue weighted by Gasteiger charge is -2.37. The maximum absolute atomic E-state index is 13.6. The summed E-state index contributed by atoms with van der Waals surface area (Å²) in [6.45, 7) is 8.65. The number of rotatable bonds is 5. The van der Waals surface area contributed by atoms with E-state index < -0.39 is 47.4 Å². The summed E-state index contributed by atoms with van der Waals surface area (Å²) in [5.41, 5.74) is -0.482. The Bertz CT molecular complexity index is 1260. The Balaban J connectivity index is 1.60. The molecular formula is C24H28F3N7O3. The third-order valence-corrected chi connectivity index (χ3v) is 7.38. The van der Waals surface area contributed by atoms with Crippen molar-refractivity contribution in [3.63, 3.8) is 0 Å². The highest BCUT2D eigenvalue weighted by Gasteiger charge is 2.70. The number of piperidine rings is 1. The number of carbonyl (C=O) groups excluding carboxylic acids is 3. The number of likely N-dealkylation sites (tertiary alicyclic amines) is 1. The molecule has 198 valence electrons. The Hall–Kier alpha value is -3.69. The van der Waals surface area contributed by atoms with Crippen molar-refractivity contribution < 1.29 is 27.6 Å². The number of nitrogens with one attached hydrogen (secondary N) is 2. The topological polar surface area (TPSA) is 132 Å². The first-order valence-electron chi connectivity index (χ1n) is 11.8. The largest absolute Gasteiger partial charge is 0.471 e. The fourth-order valence-electron chi connectivity index (χ4n) is 5.24. The van der Waals surface area contributed by atoms with E-state index in [2.05, 4.69) is 15.5 Å². The Labute approximate surface area is 211 Å². The van der Waals surface area contributed by atoms with Gasteiger partial charge in [-0.05, 0) is 40.9 Å². The van der Waals surface area contributed by atoms with E-state index >= 15 is 0 Å². The molecule has 5 atom stereocenters. The van der Waals surface area contributed by atoms with Crippen molar-refractivity contribution in [3.05, 3.63) is 30.1 Å². The van der Waals surface area contributed by atoms with Crippen LogP contribution in [0.5, 0.6) is 0 Å². The fourth-order valence-corrected chi connectivity index (χ4v) is 5.24. The lowest BCUT2D eigenvalue weighted by Crippen LogP contribution is -2.60. The minimum atomic E-state index is -5.17. The second kappa shape index (κ2) is 8.71. The molecular weight excluding hydrogens is 491 g/mol. The number of aromatic nitrogens is 3. The first kappa shape index (κ1) is 26.4. The molecule has 0 spiro atoms. The van der Waals surface area contributed by atoms with Crippen LogP contribution in [-0.2, 0) is 14.4 Å². The van der Waals surface area contributed by atoms with Gasteiger partial charge in [-0.1, -0.05) is 34.6 Å². The monoisotopic (exact) mass is 519 g/mol. The summed E-state index contributed by atoms with van der Waals surface area (Å²) in [5, 5.41) is 22.5. The van der Waals surface area contributed by atoms with E-state index in [0.29, 0.717) is 5.52 Å². The predicted octanol–water partition coefficient (Wildman–Crippen LogP) is 1.99. The van der Waals surface area contributed by atoms with E-state index in [1.807, 2.05) is 25.2 Å². The van der Waals surface area contributed by atoms with Crippen LogP contribution in [0.1, 0.15) is 46.4 Å². The van der Waals surface area contributed by atoms with Crippen LogP contribution < -0.4 is 10.6 Å². The van der Waals surface area contributed by atoms with Crippen LogP contribution in [0, 0.1) is 34.0 Å². The number of alkyl halides is 3. The molecule has 4 rings (SSSR count). The SMILES string of the molecule is CC(C)(C)[C@H](NC(=O)C(F)(F)F)C(=O)N1C[C@H]2[C@@H]([C@H]1C(=O)NC(C#N)c1cc3cccnn3n1)C2(C)C. The first-order chi connectivity index (χ1) is 17.1. The van der Waals surface area contributed by atoms with Crippen LogP contribution in [0.3, 0.4) is 0 Å². The molecule has 2 aromatic heterocycles. The van der Waals surface area contributed by atoms with Gasteiger partial charge in [0, 0.05) is 12.7 Å².